The number of benzene rings is 9. The largest absolute Gasteiger partial charge is 0.317 e. The van der Waals surface area contributed by atoms with E-state index in [1.54, 1.807) is 0 Å². The molecular weight excluding hydrogens is 737 g/mol. The van der Waals surface area contributed by atoms with E-state index < -0.39 is 5.41 Å². The van der Waals surface area contributed by atoms with Crippen molar-refractivity contribution in [1.29, 1.82) is 0 Å². The summed E-state index contributed by atoms with van der Waals surface area (Å²) in [6, 6.07) is 74.1. The van der Waals surface area contributed by atoms with E-state index in [1.807, 2.05) is 18.2 Å². The minimum Gasteiger partial charge on any atom is -0.317 e. The molecule has 0 saturated carbocycles. The summed E-state index contributed by atoms with van der Waals surface area (Å²) < 4.78 is 0. The molecule has 0 aliphatic heterocycles. The maximum Gasteiger partial charge on any atom is 0.0727 e. The van der Waals surface area contributed by atoms with E-state index in [9.17, 15) is 0 Å². The molecule has 2 nitrogen and oxygen atoms in total. The van der Waals surface area contributed by atoms with Crippen molar-refractivity contribution in [3.05, 3.63) is 260 Å². The maximum absolute atomic E-state index is 3.93. The van der Waals surface area contributed by atoms with Crippen LogP contribution in [0.5, 0.6) is 0 Å². The topological polar surface area (TPSA) is 6.48 Å². The molecule has 0 atom stereocenters. The molecule has 0 unspecified atom stereocenters. The van der Waals surface area contributed by atoms with E-state index >= 15 is 0 Å². The van der Waals surface area contributed by atoms with Crippen LogP contribution in [0.3, 0.4) is 0 Å². The highest BCUT2D eigenvalue weighted by Crippen LogP contribution is 2.66. The molecule has 0 bridgehead atoms. The van der Waals surface area contributed by atoms with Gasteiger partial charge in [-0.3, -0.25) is 0 Å². The lowest BCUT2D eigenvalue weighted by Crippen LogP contribution is -2.26. The number of hydrogen-bond donors (Lipinski definition) is 0. The lowest BCUT2D eigenvalue weighted by Gasteiger charge is -2.34. The van der Waals surface area contributed by atoms with Crippen LogP contribution in [0.2, 0.25) is 0 Å². The van der Waals surface area contributed by atoms with Crippen LogP contribution in [0.4, 0.5) is 28.4 Å². The number of nitrogens with zero attached hydrogens (tertiary/aromatic N) is 2. The van der Waals surface area contributed by atoms with Gasteiger partial charge in [-0.05, 0) is 115 Å². The second-order valence-corrected chi connectivity index (χ2v) is 16.0. The molecule has 286 valence electrons. The molecule has 3 aliphatic rings. The van der Waals surface area contributed by atoms with Gasteiger partial charge in [-0.2, -0.15) is 0 Å². The molecule has 0 N–H and O–H groups in total. The molecule has 61 heavy (non-hydrogen) atoms. The van der Waals surface area contributed by atoms with Crippen LogP contribution < -0.4 is 9.80 Å². The van der Waals surface area contributed by atoms with Crippen LogP contribution >= 0.6 is 0 Å². The fraction of sp³-hybridized carbons (Fsp3) is 0.0169. The number of anilines is 5. The highest BCUT2D eigenvalue weighted by atomic mass is 15.2. The minimum absolute atomic E-state index is 0.551. The van der Waals surface area contributed by atoms with Crippen molar-refractivity contribution in [2.45, 2.75) is 5.41 Å². The summed E-state index contributed by atoms with van der Waals surface area (Å²) in [7, 11) is 0. The molecule has 0 fully saturated rings. The Labute approximate surface area is 357 Å². The van der Waals surface area contributed by atoms with Gasteiger partial charge in [0.2, 0.25) is 0 Å². The minimum atomic E-state index is -0.551. The van der Waals surface area contributed by atoms with Crippen LogP contribution in [0, 0.1) is 0 Å². The summed E-state index contributed by atoms with van der Waals surface area (Å²) in [5.41, 5.74) is 20.4. The van der Waals surface area contributed by atoms with Crippen molar-refractivity contribution in [3.63, 3.8) is 0 Å². The first-order chi connectivity index (χ1) is 30.3. The van der Waals surface area contributed by atoms with Crippen LogP contribution in [0.1, 0.15) is 22.3 Å². The Morgan fingerprint density at radius 3 is 1.57 bits per heavy atom. The monoisotopic (exact) mass is 776 g/mol. The summed E-state index contributed by atoms with van der Waals surface area (Å²) in [6.07, 6.45) is 10.1. The summed E-state index contributed by atoms with van der Waals surface area (Å²) in [4.78, 5) is 4.86. The molecule has 3 aliphatic carbocycles. The lowest BCUT2D eigenvalue weighted by molar-refractivity contribution is 0.793. The molecule has 12 rings (SSSR count). The molecule has 1 spiro atoms. The maximum atomic E-state index is 3.93. The van der Waals surface area contributed by atoms with Crippen molar-refractivity contribution in [3.8, 4) is 44.5 Å². The van der Waals surface area contributed by atoms with E-state index in [-0.39, 0.29) is 0 Å². The summed E-state index contributed by atoms with van der Waals surface area (Å²) in [6.45, 7) is 3.93. The normalized spacial score (nSPS) is 13.3. The molecule has 9 aromatic rings. The highest BCUT2D eigenvalue weighted by Gasteiger charge is 2.53. The van der Waals surface area contributed by atoms with Gasteiger partial charge in [-0.1, -0.05) is 183 Å². The van der Waals surface area contributed by atoms with Gasteiger partial charge in [-0.25, -0.2) is 0 Å². The van der Waals surface area contributed by atoms with E-state index in [4.69, 9.17) is 0 Å². The van der Waals surface area contributed by atoms with Gasteiger partial charge in [-0.15, -0.1) is 0 Å². The molecule has 0 radical (unpaired) electrons. The summed E-state index contributed by atoms with van der Waals surface area (Å²) in [5, 5.41) is 2.52. The third-order valence-corrected chi connectivity index (χ3v) is 13.0. The first-order valence-corrected chi connectivity index (χ1v) is 21.1. The summed E-state index contributed by atoms with van der Waals surface area (Å²) in [5.74, 6) is 0. The first kappa shape index (κ1) is 35.0. The Kier molecular flexibility index (Phi) is 7.95. The molecule has 0 amide bonds. The Morgan fingerprint density at radius 1 is 0.377 bits per heavy atom. The quantitative estimate of drug-likeness (QED) is 0.142. The molecular formula is C59H40N2. The van der Waals surface area contributed by atoms with Crippen LogP contribution in [-0.2, 0) is 5.41 Å². The number of rotatable bonds is 8. The van der Waals surface area contributed by atoms with Gasteiger partial charge in [0.25, 0.3) is 0 Å². The average Bonchev–Trinajstić information content (AvgIpc) is 3.93. The zero-order valence-electron chi connectivity index (χ0n) is 33.5. The van der Waals surface area contributed by atoms with E-state index in [0.717, 1.165) is 28.4 Å². The predicted octanol–water partition coefficient (Wildman–Crippen LogP) is 15.7. The Hall–Kier alpha value is -7.94. The number of fused-ring (bicyclic) bond motifs is 13. The fourth-order valence-corrected chi connectivity index (χ4v) is 10.7. The van der Waals surface area contributed by atoms with Crippen molar-refractivity contribution in [2.75, 3.05) is 9.80 Å². The van der Waals surface area contributed by atoms with E-state index in [0.29, 0.717) is 0 Å². The Morgan fingerprint density at radius 2 is 0.918 bits per heavy atom. The van der Waals surface area contributed by atoms with Gasteiger partial charge in [0, 0.05) is 34.2 Å². The molecule has 0 heterocycles. The standard InChI is InChI=1S/C59H40N2/c1-2-3-4-19-37-60(40-21-7-5-8-22-40)42-38-54-58(49-29-15-18-34-53(49)59(54)51-32-16-13-27-45(51)46-28-14-17-33-52(46)59)56(39-42)61(41-23-9-6-10-24-41)55-36-35-48-44-26-12-11-25-43(44)47-30-20-31-50(55)57(47)48/h2-39H,1H2/b4-3-,37-19-. The number of allylic oxidation sites excluding steroid dienone is 4. The van der Waals surface area contributed by atoms with Crippen molar-refractivity contribution < 1.29 is 0 Å². The Bertz CT molecular complexity index is 3210. The number of para-hydroxylation sites is 2. The second-order valence-electron chi connectivity index (χ2n) is 16.0. The third kappa shape index (κ3) is 5.03. The van der Waals surface area contributed by atoms with Gasteiger partial charge in [0.1, 0.15) is 0 Å². The molecule has 0 saturated heterocycles. The lowest BCUT2D eigenvalue weighted by atomic mass is 9.70. The zero-order chi connectivity index (χ0) is 40.5. The van der Waals surface area contributed by atoms with Gasteiger partial charge in [0.15, 0.2) is 0 Å². The van der Waals surface area contributed by atoms with Crippen molar-refractivity contribution >= 4 is 39.2 Å². The fourth-order valence-electron chi connectivity index (χ4n) is 10.7. The molecule has 0 aromatic heterocycles. The van der Waals surface area contributed by atoms with Gasteiger partial charge < -0.3 is 9.80 Å². The SMILES string of the molecule is C=C/C=C\C=C/N(c1ccccc1)c1cc(N(c2ccccc2)c2ccc3c4c(cccc24)-c2ccccc2-3)c2c(c1)C1(c3ccccc3-c3ccccc31)c1ccccc1-2. The predicted molar refractivity (Wildman–Crippen MR) is 256 cm³/mol. The summed E-state index contributed by atoms with van der Waals surface area (Å²) >= 11 is 0. The highest BCUT2D eigenvalue weighted by molar-refractivity contribution is 6.19. The number of hydrogen-bond acceptors (Lipinski definition) is 2. The second kappa shape index (κ2) is 13.8. The average molecular weight is 777 g/mol. The molecule has 9 aromatic carbocycles. The van der Waals surface area contributed by atoms with Crippen molar-refractivity contribution in [2.24, 2.45) is 0 Å². The van der Waals surface area contributed by atoms with Gasteiger partial charge >= 0.3 is 0 Å². The van der Waals surface area contributed by atoms with E-state index in [2.05, 4.69) is 229 Å². The van der Waals surface area contributed by atoms with Gasteiger partial charge in [0.05, 0.1) is 16.8 Å². The zero-order valence-corrected chi connectivity index (χ0v) is 33.5. The Balaban J connectivity index is 1.23. The third-order valence-electron chi connectivity index (χ3n) is 13.0. The van der Waals surface area contributed by atoms with Crippen LogP contribution in [0.15, 0.2) is 237 Å². The van der Waals surface area contributed by atoms with Crippen molar-refractivity contribution in [1.82, 2.24) is 0 Å². The molecule has 2 heteroatoms. The first-order valence-electron chi connectivity index (χ1n) is 21.1. The smallest absolute Gasteiger partial charge is 0.0727 e. The van der Waals surface area contributed by atoms with E-state index in [1.165, 1.54) is 77.5 Å². The van der Waals surface area contributed by atoms with Crippen LogP contribution in [0.25, 0.3) is 55.3 Å². The van der Waals surface area contributed by atoms with Crippen LogP contribution in [-0.4, -0.2) is 0 Å².